The number of hydrogen-bond donors (Lipinski definition) is 0. The third-order valence-corrected chi connectivity index (χ3v) is 4.53. The van der Waals surface area contributed by atoms with Crippen LogP contribution >= 0.6 is 0 Å². The quantitative estimate of drug-likeness (QED) is 0.850. The van der Waals surface area contributed by atoms with Gasteiger partial charge in [-0.3, -0.25) is 9.48 Å². The van der Waals surface area contributed by atoms with Gasteiger partial charge in [0.05, 0.1) is 17.6 Å². The van der Waals surface area contributed by atoms with Crippen molar-refractivity contribution in [3.8, 4) is 0 Å². The zero-order chi connectivity index (χ0) is 14.1. The van der Waals surface area contributed by atoms with E-state index in [-0.39, 0.29) is 5.92 Å². The Hall–Kier alpha value is -1.64. The predicted molar refractivity (Wildman–Crippen MR) is 80.6 cm³/mol. The van der Waals surface area contributed by atoms with Gasteiger partial charge >= 0.3 is 0 Å². The lowest BCUT2D eigenvalue weighted by Gasteiger charge is -2.07. The van der Waals surface area contributed by atoms with Crippen molar-refractivity contribution in [1.82, 2.24) is 9.78 Å². The van der Waals surface area contributed by atoms with Crippen molar-refractivity contribution in [1.29, 1.82) is 0 Å². The number of nitrogens with zero attached hydrogens (tertiary/aromatic N) is 2. The molecule has 1 saturated carbocycles. The molecule has 0 N–H and O–H groups in total. The summed E-state index contributed by atoms with van der Waals surface area (Å²) >= 11 is 0. The molecule has 0 bridgehead atoms. The third kappa shape index (κ3) is 2.37. The molecule has 106 valence electrons. The van der Waals surface area contributed by atoms with E-state index in [4.69, 9.17) is 0 Å². The Morgan fingerprint density at radius 1 is 1.35 bits per heavy atom. The van der Waals surface area contributed by atoms with Crippen molar-refractivity contribution in [2.24, 2.45) is 11.8 Å². The van der Waals surface area contributed by atoms with E-state index in [1.807, 2.05) is 16.8 Å². The monoisotopic (exact) mass is 270 g/mol. The van der Waals surface area contributed by atoms with Crippen LogP contribution in [0, 0.1) is 11.8 Å². The molecule has 1 aliphatic carbocycles. The van der Waals surface area contributed by atoms with Gasteiger partial charge in [-0.05, 0) is 38.2 Å². The number of Topliss-reactive ketones (excluding diaryl/α,β-unsaturated/α-hetero) is 1. The Morgan fingerprint density at radius 3 is 2.85 bits per heavy atom. The molecule has 1 aromatic heterocycles. The van der Waals surface area contributed by atoms with E-state index in [1.54, 1.807) is 0 Å². The fraction of sp³-hybridized carbons (Fsp3) is 0.529. The molecule has 2 unspecified atom stereocenters. The zero-order valence-corrected chi connectivity index (χ0v) is 12.3. The van der Waals surface area contributed by atoms with E-state index in [0.717, 1.165) is 36.0 Å². The molecule has 1 aromatic carbocycles. The number of hydrogen-bond acceptors (Lipinski definition) is 2. The minimum absolute atomic E-state index is 0.260. The first-order chi connectivity index (χ1) is 9.69. The fourth-order valence-electron chi connectivity index (χ4n) is 3.38. The van der Waals surface area contributed by atoms with Crippen LogP contribution in [0.1, 0.15) is 38.8 Å². The maximum Gasteiger partial charge on any atom is 0.142 e. The molecular formula is C17H22N2O. The minimum Gasteiger partial charge on any atom is -0.299 e. The van der Waals surface area contributed by atoms with Crippen LogP contribution in [0.15, 0.2) is 24.3 Å². The number of aryl methyl sites for hydroxylation is 1. The van der Waals surface area contributed by atoms with E-state index in [1.165, 1.54) is 6.42 Å². The second-order valence-corrected chi connectivity index (χ2v) is 6.04. The highest BCUT2D eigenvalue weighted by molar-refractivity contribution is 5.89. The van der Waals surface area contributed by atoms with Gasteiger partial charge in [0.1, 0.15) is 5.78 Å². The standard InChI is InChI=1S/C17H22N2O/c1-3-19-16-7-5-4-6-14(16)15(18-19)11-17(20)13-9-8-12(2)10-13/h4-7,12-13H,3,8-11H2,1-2H3. The number of rotatable bonds is 4. The lowest BCUT2D eigenvalue weighted by molar-refractivity contribution is -0.122. The van der Waals surface area contributed by atoms with Gasteiger partial charge in [-0.2, -0.15) is 5.10 Å². The molecule has 1 fully saturated rings. The third-order valence-electron chi connectivity index (χ3n) is 4.53. The van der Waals surface area contributed by atoms with Crippen LogP contribution in [0.5, 0.6) is 0 Å². The number of carbonyl (C=O) groups is 1. The van der Waals surface area contributed by atoms with Crippen LogP contribution in [0.2, 0.25) is 0 Å². The van der Waals surface area contributed by atoms with E-state index in [2.05, 4.69) is 31.1 Å². The summed E-state index contributed by atoms with van der Waals surface area (Å²) in [6, 6.07) is 8.21. The molecule has 3 heteroatoms. The van der Waals surface area contributed by atoms with Crippen LogP contribution in [0.4, 0.5) is 0 Å². The van der Waals surface area contributed by atoms with Crippen molar-refractivity contribution in [2.45, 2.75) is 46.1 Å². The second-order valence-electron chi connectivity index (χ2n) is 6.04. The molecule has 0 radical (unpaired) electrons. The number of ketones is 1. The molecule has 0 aliphatic heterocycles. The fourth-order valence-corrected chi connectivity index (χ4v) is 3.38. The largest absolute Gasteiger partial charge is 0.299 e. The van der Waals surface area contributed by atoms with Crippen LogP contribution < -0.4 is 0 Å². The molecule has 1 heterocycles. The Labute approximate surface area is 120 Å². The van der Waals surface area contributed by atoms with Crippen LogP contribution in [0.3, 0.4) is 0 Å². The molecule has 0 spiro atoms. The molecule has 2 aromatic rings. The molecule has 2 atom stereocenters. The van der Waals surface area contributed by atoms with Crippen molar-refractivity contribution < 1.29 is 4.79 Å². The summed E-state index contributed by atoms with van der Waals surface area (Å²) in [6.07, 6.45) is 3.81. The maximum absolute atomic E-state index is 12.5. The highest BCUT2D eigenvalue weighted by atomic mass is 16.1. The van der Waals surface area contributed by atoms with E-state index >= 15 is 0 Å². The first-order valence-electron chi connectivity index (χ1n) is 7.66. The molecule has 3 nitrogen and oxygen atoms in total. The van der Waals surface area contributed by atoms with Gasteiger partial charge in [-0.15, -0.1) is 0 Å². The molecule has 0 saturated heterocycles. The van der Waals surface area contributed by atoms with Gasteiger partial charge in [0.2, 0.25) is 0 Å². The molecule has 0 amide bonds. The first kappa shape index (κ1) is 13.3. The number of aromatic nitrogens is 2. The van der Waals surface area contributed by atoms with Gasteiger partial charge < -0.3 is 0 Å². The maximum atomic E-state index is 12.5. The highest BCUT2D eigenvalue weighted by Crippen LogP contribution is 2.32. The minimum atomic E-state index is 0.260. The highest BCUT2D eigenvalue weighted by Gasteiger charge is 2.28. The van der Waals surface area contributed by atoms with Crippen molar-refractivity contribution >= 4 is 16.7 Å². The number of fused-ring (bicyclic) bond motifs is 1. The van der Waals surface area contributed by atoms with E-state index in [9.17, 15) is 4.79 Å². The summed E-state index contributed by atoms with van der Waals surface area (Å²) in [5.74, 6) is 1.34. The second kappa shape index (κ2) is 5.39. The Morgan fingerprint density at radius 2 is 2.15 bits per heavy atom. The average Bonchev–Trinajstić information content (AvgIpc) is 3.03. The summed E-state index contributed by atoms with van der Waals surface area (Å²) in [7, 11) is 0. The van der Waals surface area contributed by atoms with Gasteiger partial charge in [0.15, 0.2) is 0 Å². The van der Waals surface area contributed by atoms with Gasteiger partial charge in [0.25, 0.3) is 0 Å². The Bertz CT molecular complexity index is 629. The zero-order valence-electron chi connectivity index (χ0n) is 12.3. The van der Waals surface area contributed by atoms with Crippen molar-refractivity contribution in [3.63, 3.8) is 0 Å². The number of benzene rings is 1. The molecule has 20 heavy (non-hydrogen) atoms. The van der Waals surface area contributed by atoms with Crippen LogP contribution in [-0.4, -0.2) is 15.6 Å². The van der Waals surface area contributed by atoms with Gasteiger partial charge in [-0.1, -0.05) is 25.1 Å². The first-order valence-corrected chi connectivity index (χ1v) is 7.66. The van der Waals surface area contributed by atoms with Crippen LogP contribution in [0.25, 0.3) is 10.9 Å². The SMILES string of the molecule is CCn1nc(CC(=O)C2CCC(C)C2)c2ccccc21. The number of carbonyl (C=O) groups excluding carboxylic acids is 1. The van der Waals surface area contributed by atoms with Crippen LogP contribution in [-0.2, 0) is 17.8 Å². The Kier molecular flexibility index (Phi) is 3.60. The Balaban J connectivity index is 1.85. The lowest BCUT2D eigenvalue weighted by atomic mass is 9.97. The smallest absolute Gasteiger partial charge is 0.142 e. The summed E-state index contributed by atoms with van der Waals surface area (Å²) in [5.41, 5.74) is 2.09. The average molecular weight is 270 g/mol. The summed E-state index contributed by atoms with van der Waals surface area (Å²) in [4.78, 5) is 12.5. The lowest BCUT2D eigenvalue weighted by Crippen LogP contribution is -2.14. The summed E-state index contributed by atoms with van der Waals surface area (Å²) < 4.78 is 2.00. The predicted octanol–water partition coefficient (Wildman–Crippen LogP) is 3.60. The van der Waals surface area contributed by atoms with E-state index in [0.29, 0.717) is 18.1 Å². The summed E-state index contributed by atoms with van der Waals surface area (Å²) in [6.45, 7) is 5.17. The summed E-state index contributed by atoms with van der Waals surface area (Å²) in [5, 5.41) is 5.77. The van der Waals surface area contributed by atoms with Crippen molar-refractivity contribution in [2.75, 3.05) is 0 Å². The topological polar surface area (TPSA) is 34.9 Å². The van der Waals surface area contributed by atoms with E-state index < -0.39 is 0 Å². The molecular weight excluding hydrogens is 248 g/mol. The van der Waals surface area contributed by atoms with Gasteiger partial charge in [-0.25, -0.2) is 0 Å². The van der Waals surface area contributed by atoms with Crippen molar-refractivity contribution in [3.05, 3.63) is 30.0 Å². The molecule has 3 rings (SSSR count). The van der Waals surface area contributed by atoms with Gasteiger partial charge in [0, 0.05) is 17.8 Å². The number of para-hydroxylation sites is 1. The molecule has 1 aliphatic rings. The normalized spacial score (nSPS) is 22.5.